The maximum absolute atomic E-state index is 13.3. The Morgan fingerprint density at radius 1 is 0.952 bits per heavy atom. The maximum Gasteiger partial charge on any atom is 0.407 e. The summed E-state index contributed by atoms with van der Waals surface area (Å²) in [6.45, 7) is 1.72. The molecule has 0 aliphatic carbocycles. The minimum atomic E-state index is -4.35. The van der Waals surface area contributed by atoms with Crippen LogP contribution in [-0.2, 0) is 0 Å². The number of hydrogen-bond acceptors (Lipinski definition) is 1. The lowest BCUT2D eigenvalue weighted by molar-refractivity contribution is -0.159. The first-order valence-corrected chi connectivity index (χ1v) is 7.31. The molecule has 0 spiro atoms. The van der Waals surface area contributed by atoms with Crippen LogP contribution in [0.5, 0.6) is 0 Å². The molecule has 2 atom stereocenters. The molecule has 0 amide bonds. The highest BCUT2D eigenvalue weighted by molar-refractivity contribution is 9.10. The number of nitrogens with one attached hydrogen (secondary N) is 1. The first-order chi connectivity index (χ1) is 9.89. The van der Waals surface area contributed by atoms with E-state index in [4.69, 9.17) is 0 Å². The molecule has 0 aliphatic heterocycles. The smallest absolute Gasteiger partial charge is 0.296 e. The van der Waals surface area contributed by atoms with E-state index in [1.54, 1.807) is 31.2 Å². The second-order valence-electron chi connectivity index (χ2n) is 4.80. The Morgan fingerprint density at radius 3 is 2.10 bits per heavy atom. The number of rotatable bonds is 4. The van der Waals surface area contributed by atoms with Crippen molar-refractivity contribution in [3.8, 4) is 0 Å². The fraction of sp³-hybridized carbons (Fsp3) is 0.250. The molecule has 2 rings (SSSR count). The van der Waals surface area contributed by atoms with Crippen LogP contribution in [0.2, 0.25) is 0 Å². The Labute approximate surface area is 130 Å². The highest BCUT2D eigenvalue weighted by atomic mass is 79.9. The van der Waals surface area contributed by atoms with Gasteiger partial charge < -0.3 is 0 Å². The van der Waals surface area contributed by atoms with E-state index in [1.165, 1.54) is 12.1 Å². The lowest BCUT2D eigenvalue weighted by Gasteiger charge is -2.26. The molecule has 0 saturated carbocycles. The summed E-state index contributed by atoms with van der Waals surface area (Å²) in [5.74, 6) is 0. The zero-order valence-electron chi connectivity index (χ0n) is 11.4. The lowest BCUT2D eigenvalue weighted by Crippen LogP contribution is -2.35. The van der Waals surface area contributed by atoms with Gasteiger partial charge in [0, 0.05) is 10.5 Å². The number of benzene rings is 2. The van der Waals surface area contributed by atoms with E-state index in [1.807, 2.05) is 18.2 Å². The molecule has 112 valence electrons. The van der Waals surface area contributed by atoms with Gasteiger partial charge in [0.2, 0.25) is 0 Å². The van der Waals surface area contributed by atoms with Gasteiger partial charge in [0.05, 0.1) is 0 Å². The molecule has 1 unspecified atom stereocenters. The second-order valence-corrected chi connectivity index (χ2v) is 5.65. The largest absolute Gasteiger partial charge is 0.407 e. The van der Waals surface area contributed by atoms with Gasteiger partial charge in [0.15, 0.2) is 0 Å². The normalized spacial score (nSPS) is 14.7. The minimum Gasteiger partial charge on any atom is -0.296 e. The van der Waals surface area contributed by atoms with Crippen LogP contribution < -0.4 is 5.32 Å². The van der Waals surface area contributed by atoms with Gasteiger partial charge in [-0.3, -0.25) is 5.32 Å². The van der Waals surface area contributed by atoms with Gasteiger partial charge in [-0.2, -0.15) is 13.2 Å². The van der Waals surface area contributed by atoms with Gasteiger partial charge in [-0.25, -0.2) is 0 Å². The average Bonchev–Trinajstić information content (AvgIpc) is 2.44. The van der Waals surface area contributed by atoms with Crippen molar-refractivity contribution in [1.29, 1.82) is 0 Å². The van der Waals surface area contributed by atoms with Crippen LogP contribution in [0.4, 0.5) is 13.2 Å². The summed E-state index contributed by atoms with van der Waals surface area (Å²) in [4.78, 5) is 0. The molecule has 5 heteroatoms. The van der Waals surface area contributed by atoms with Gasteiger partial charge in [-0.1, -0.05) is 64.5 Å². The van der Waals surface area contributed by atoms with Gasteiger partial charge >= 0.3 is 6.18 Å². The third kappa shape index (κ3) is 4.08. The summed E-state index contributed by atoms with van der Waals surface area (Å²) in [6.07, 6.45) is -4.35. The highest BCUT2D eigenvalue weighted by Gasteiger charge is 2.41. The lowest BCUT2D eigenvalue weighted by atomic mass is 10.0. The predicted octanol–water partition coefficient (Wildman–Crippen LogP) is 5.40. The molecule has 0 saturated heterocycles. The van der Waals surface area contributed by atoms with E-state index in [2.05, 4.69) is 21.2 Å². The van der Waals surface area contributed by atoms with Crippen molar-refractivity contribution < 1.29 is 13.2 Å². The maximum atomic E-state index is 13.3. The number of alkyl halides is 3. The molecule has 0 radical (unpaired) electrons. The summed E-state index contributed by atoms with van der Waals surface area (Å²) >= 11 is 3.37. The van der Waals surface area contributed by atoms with Gasteiger partial charge in [0.25, 0.3) is 0 Å². The molecule has 0 aromatic heterocycles. The van der Waals surface area contributed by atoms with Crippen molar-refractivity contribution in [2.75, 3.05) is 0 Å². The number of halogens is 4. The molecule has 1 N–H and O–H groups in total. The van der Waals surface area contributed by atoms with Crippen LogP contribution in [0.15, 0.2) is 59.1 Å². The third-order valence-corrected chi connectivity index (χ3v) is 3.97. The molecule has 0 fully saturated rings. The summed E-state index contributed by atoms with van der Waals surface area (Å²) in [6, 6.07) is 13.0. The monoisotopic (exact) mass is 357 g/mol. The third-order valence-electron chi connectivity index (χ3n) is 3.25. The average molecular weight is 358 g/mol. The molecular weight excluding hydrogens is 343 g/mol. The van der Waals surface area contributed by atoms with E-state index in [0.29, 0.717) is 0 Å². The Balaban J connectivity index is 2.26. The minimum absolute atomic E-state index is 0.212. The Bertz CT molecular complexity index is 584. The topological polar surface area (TPSA) is 12.0 Å². The first-order valence-electron chi connectivity index (χ1n) is 6.51. The van der Waals surface area contributed by atoms with Crippen molar-refractivity contribution in [2.24, 2.45) is 0 Å². The molecular formula is C16H15BrF3N. The van der Waals surface area contributed by atoms with Crippen LogP contribution in [0.3, 0.4) is 0 Å². The van der Waals surface area contributed by atoms with Crippen LogP contribution in [0.1, 0.15) is 30.1 Å². The molecule has 21 heavy (non-hydrogen) atoms. The van der Waals surface area contributed by atoms with Gasteiger partial charge in [-0.05, 0) is 24.1 Å². The van der Waals surface area contributed by atoms with Crippen LogP contribution in [0, 0.1) is 0 Å². The molecule has 1 nitrogen and oxygen atoms in total. The van der Waals surface area contributed by atoms with Gasteiger partial charge in [-0.15, -0.1) is 0 Å². The molecule has 2 aromatic rings. The van der Waals surface area contributed by atoms with E-state index >= 15 is 0 Å². The Morgan fingerprint density at radius 2 is 1.52 bits per heavy atom. The van der Waals surface area contributed by atoms with Crippen molar-refractivity contribution in [1.82, 2.24) is 5.32 Å². The van der Waals surface area contributed by atoms with Crippen LogP contribution in [0.25, 0.3) is 0 Å². The predicted molar refractivity (Wildman–Crippen MR) is 80.9 cm³/mol. The molecule has 2 aromatic carbocycles. The van der Waals surface area contributed by atoms with Crippen LogP contribution >= 0.6 is 15.9 Å². The van der Waals surface area contributed by atoms with Crippen molar-refractivity contribution in [2.45, 2.75) is 25.2 Å². The highest BCUT2D eigenvalue weighted by Crippen LogP contribution is 2.35. The fourth-order valence-electron chi connectivity index (χ4n) is 2.19. The SMILES string of the molecule is C[C@@H](NC(c1ccccc1)C(F)(F)F)c1ccccc1Br. The van der Waals surface area contributed by atoms with E-state index in [0.717, 1.165) is 10.0 Å². The van der Waals surface area contributed by atoms with Crippen molar-refractivity contribution in [3.63, 3.8) is 0 Å². The van der Waals surface area contributed by atoms with Gasteiger partial charge in [0.1, 0.15) is 6.04 Å². The zero-order chi connectivity index (χ0) is 15.5. The van der Waals surface area contributed by atoms with E-state index in [9.17, 15) is 13.2 Å². The summed E-state index contributed by atoms with van der Waals surface area (Å²) < 4.78 is 40.7. The summed E-state index contributed by atoms with van der Waals surface area (Å²) in [5, 5.41) is 2.68. The first kappa shape index (κ1) is 16.0. The quantitative estimate of drug-likeness (QED) is 0.771. The Hall–Kier alpha value is -1.33. The van der Waals surface area contributed by atoms with Crippen LogP contribution in [-0.4, -0.2) is 6.18 Å². The molecule has 0 heterocycles. The Kier molecular flexibility index (Phi) is 5.06. The summed E-state index contributed by atoms with van der Waals surface area (Å²) in [5.41, 5.74) is 1.01. The summed E-state index contributed by atoms with van der Waals surface area (Å²) in [7, 11) is 0. The molecule has 0 aliphatic rings. The molecule has 0 bridgehead atoms. The van der Waals surface area contributed by atoms with E-state index in [-0.39, 0.29) is 5.56 Å². The zero-order valence-corrected chi connectivity index (χ0v) is 12.9. The second kappa shape index (κ2) is 6.62. The fourth-order valence-corrected chi connectivity index (χ4v) is 2.82. The van der Waals surface area contributed by atoms with Crippen molar-refractivity contribution >= 4 is 15.9 Å². The van der Waals surface area contributed by atoms with E-state index < -0.39 is 18.3 Å². The standard InChI is InChI=1S/C16H15BrF3N/c1-11(13-9-5-6-10-14(13)17)21-15(16(18,19)20)12-7-3-2-4-8-12/h2-11,15,21H,1H3/t11-,15?/m1/s1. The van der Waals surface area contributed by atoms with Crippen molar-refractivity contribution in [3.05, 3.63) is 70.2 Å². The number of hydrogen-bond donors (Lipinski definition) is 1.